The summed E-state index contributed by atoms with van der Waals surface area (Å²) in [6.45, 7) is 6.54. The second kappa shape index (κ2) is 8.11. The van der Waals surface area contributed by atoms with Crippen molar-refractivity contribution in [2.75, 3.05) is 33.2 Å². The van der Waals surface area contributed by atoms with Crippen LogP contribution in [0.1, 0.15) is 19.4 Å². The number of carbonyl (C=O) groups excluding carboxylic acids is 2. The van der Waals surface area contributed by atoms with Gasteiger partial charge in [0, 0.05) is 39.1 Å². The Balaban J connectivity index is 2.01. The smallest absolute Gasteiger partial charge is 0.238 e. The van der Waals surface area contributed by atoms with Crippen LogP contribution in [-0.4, -0.2) is 60.9 Å². The van der Waals surface area contributed by atoms with Crippen LogP contribution in [0.2, 0.25) is 0 Å². The van der Waals surface area contributed by atoms with E-state index in [1.807, 2.05) is 36.9 Å². The minimum Gasteiger partial charge on any atom is -0.358 e. The van der Waals surface area contributed by atoms with Gasteiger partial charge in [-0.15, -0.1) is 0 Å². The first-order valence-electron chi connectivity index (χ1n) is 8.31. The zero-order chi connectivity index (χ0) is 16.8. The number of nitrogens with zero attached hydrogens (tertiary/aromatic N) is 2. The van der Waals surface area contributed by atoms with Gasteiger partial charge in [0.2, 0.25) is 11.8 Å². The molecule has 2 amide bonds. The third-order valence-corrected chi connectivity index (χ3v) is 4.38. The SMILES string of the molecule is CNC(=O)[C@@H]1CN(C(=O)C(C)C)CCN1CCc1ccccc1. The Bertz CT molecular complexity index is 530. The van der Waals surface area contributed by atoms with Crippen LogP contribution in [0.4, 0.5) is 0 Å². The summed E-state index contributed by atoms with van der Waals surface area (Å²) >= 11 is 0. The molecule has 2 rings (SSSR count). The highest BCUT2D eigenvalue weighted by Crippen LogP contribution is 2.14. The first-order chi connectivity index (χ1) is 11.0. The first kappa shape index (κ1) is 17.5. The Morgan fingerprint density at radius 3 is 2.52 bits per heavy atom. The molecule has 126 valence electrons. The van der Waals surface area contributed by atoms with Crippen LogP contribution >= 0.6 is 0 Å². The van der Waals surface area contributed by atoms with E-state index >= 15 is 0 Å². The molecule has 0 bridgehead atoms. The van der Waals surface area contributed by atoms with Crippen LogP contribution in [0.3, 0.4) is 0 Å². The summed E-state index contributed by atoms with van der Waals surface area (Å²) in [7, 11) is 1.65. The molecule has 5 nitrogen and oxygen atoms in total. The van der Waals surface area contributed by atoms with Gasteiger partial charge in [-0.1, -0.05) is 44.2 Å². The summed E-state index contributed by atoms with van der Waals surface area (Å²) in [4.78, 5) is 28.5. The van der Waals surface area contributed by atoms with Gasteiger partial charge >= 0.3 is 0 Å². The molecule has 1 N–H and O–H groups in total. The highest BCUT2D eigenvalue weighted by atomic mass is 16.2. The number of carbonyl (C=O) groups is 2. The molecule has 0 spiro atoms. The van der Waals surface area contributed by atoms with Gasteiger partial charge in [-0.05, 0) is 12.0 Å². The maximum absolute atomic E-state index is 12.2. The Labute approximate surface area is 138 Å². The lowest BCUT2D eigenvalue weighted by molar-refractivity contribution is -0.140. The molecule has 0 aromatic heterocycles. The van der Waals surface area contributed by atoms with E-state index in [1.165, 1.54) is 5.56 Å². The lowest BCUT2D eigenvalue weighted by Crippen LogP contribution is -2.60. The van der Waals surface area contributed by atoms with Gasteiger partial charge in [-0.25, -0.2) is 0 Å². The van der Waals surface area contributed by atoms with Crippen LogP contribution in [0.15, 0.2) is 30.3 Å². The third-order valence-electron chi connectivity index (χ3n) is 4.38. The van der Waals surface area contributed by atoms with E-state index in [0.717, 1.165) is 19.5 Å². The van der Waals surface area contributed by atoms with Gasteiger partial charge in [-0.3, -0.25) is 14.5 Å². The summed E-state index contributed by atoms with van der Waals surface area (Å²) in [5.41, 5.74) is 1.27. The van der Waals surface area contributed by atoms with E-state index in [2.05, 4.69) is 22.3 Å². The fourth-order valence-electron chi connectivity index (χ4n) is 2.99. The largest absolute Gasteiger partial charge is 0.358 e. The number of rotatable bonds is 5. The van der Waals surface area contributed by atoms with Crippen molar-refractivity contribution in [3.8, 4) is 0 Å². The van der Waals surface area contributed by atoms with Crippen molar-refractivity contribution < 1.29 is 9.59 Å². The average Bonchev–Trinajstić information content (AvgIpc) is 2.59. The summed E-state index contributed by atoms with van der Waals surface area (Å²) in [6.07, 6.45) is 0.909. The lowest BCUT2D eigenvalue weighted by Gasteiger charge is -2.41. The average molecular weight is 317 g/mol. The van der Waals surface area contributed by atoms with Crippen LogP contribution in [0.5, 0.6) is 0 Å². The number of likely N-dealkylation sites (N-methyl/N-ethyl adjacent to an activating group) is 1. The maximum atomic E-state index is 12.2. The molecule has 1 fully saturated rings. The van der Waals surface area contributed by atoms with Crippen molar-refractivity contribution in [1.82, 2.24) is 15.1 Å². The molecule has 0 unspecified atom stereocenters. The molecule has 23 heavy (non-hydrogen) atoms. The molecule has 5 heteroatoms. The molecule has 1 aromatic carbocycles. The Hall–Kier alpha value is -1.88. The molecule has 0 aliphatic carbocycles. The standard InChI is InChI=1S/C18H27N3O2/c1-14(2)18(23)21-12-11-20(16(13-21)17(22)19-3)10-9-15-7-5-4-6-8-15/h4-8,14,16H,9-13H2,1-3H3,(H,19,22)/t16-/m0/s1. The minimum absolute atomic E-state index is 0.0145. The van der Waals surface area contributed by atoms with E-state index in [-0.39, 0.29) is 23.8 Å². The van der Waals surface area contributed by atoms with E-state index in [1.54, 1.807) is 7.05 Å². The molecule has 1 aliphatic heterocycles. The summed E-state index contributed by atoms with van der Waals surface area (Å²) in [5.74, 6) is 0.0807. The fourth-order valence-corrected chi connectivity index (χ4v) is 2.99. The lowest BCUT2D eigenvalue weighted by atomic mass is 10.1. The molecule has 0 radical (unpaired) electrons. The first-order valence-corrected chi connectivity index (χ1v) is 8.31. The summed E-state index contributed by atoms with van der Waals surface area (Å²) in [5, 5.41) is 2.73. The Kier molecular flexibility index (Phi) is 6.16. The second-order valence-corrected chi connectivity index (χ2v) is 6.34. The minimum atomic E-state index is -0.264. The van der Waals surface area contributed by atoms with Crippen LogP contribution in [-0.2, 0) is 16.0 Å². The van der Waals surface area contributed by atoms with Crippen LogP contribution < -0.4 is 5.32 Å². The van der Waals surface area contributed by atoms with E-state index in [0.29, 0.717) is 13.1 Å². The van der Waals surface area contributed by atoms with Crippen LogP contribution in [0.25, 0.3) is 0 Å². The number of piperazine rings is 1. The molecule has 1 saturated heterocycles. The van der Waals surface area contributed by atoms with Gasteiger partial charge in [-0.2, -0.15) is 0 Å². The van der Waals surface area contributed by atoms with Crippen molar-refractivity contribution >= 4 is 11.8 Å². The van der Waals surface area contributed by atoms with E-state index < -0.39 is 0 Å². The molecular formula is C18H27N3O2. The Morgan fingerprint density at radius 1 is 1.22 bits per heavy atom. The van der Waals surface area contributed by atoms with Gasteiger partial charge < -0.3 is 10.2 Å². The normalized spacial score (nSPS) is 19.0. The van der Waals surface area contributed by atoms with Crippen molar-refractivity contribution in [3.05, 3.63) is 35.9 Å². The summed E-state index contributed by atoms with van der Waals surface area (Å²) in [6, 6.07) is 10.0. The topological polar surface area (TPSA) is 52.7 Å². The predicted octanol–water partition coefficient (Wildman–Crippen LogP) is 1.14. The number of amides is 2. The van der Waals surface area contributed by atoms with Crippen molar-refractivity contribution in [2.45, 2.75) is 26.3 Å². The van der Waals surface area contributed by atoms with E-state index in [9.17, 15) is 9.59 Å². The zero-order valence-corrected chi connectivity index (χ0v) is 14.3. The van der Waals surface area contributed by atoms with Crippen LogP contribution in [0, 0.1) is 5.92 Å². The molecule has 1 atom stereocenters. The fraction of sp³-hybridized carbons (Fsp3) is 0.556. The van der Waals surface area contributed by atoms with E-state index in [4.69, 9.17) is 0 Å². The molecule has 1 aromatic rings. The van der Waals surface area contributed by atoms with Crippen molar-refractivity contribution in [1.29, 1.82) is 0 Å². The quantitative estimate of drug-likeness (QED) is 0.886. The third kappa shape index (κ3) is 4.55. The number of benzene rings is 1. The predicted molar refractivity (Wildman–Crippen MR) is 91.0 cm³/mol. The molecule has 1 aliphatic rings. The van der Waals surface area contributed by atoms with Crippen molar-refractivity contribution in [2.24, 2.45) is 5.92 Å². The highest BCUT2D eigenvalue weighted by Gasteiger charge is 2.34. The number of nitrogens with one attached hydrogen (secondary N) is 1. The van der Waals surface area contributed by atoms with Gasteiger partial charge in [0.25, 0.3) is 0 Å². The molecular weight excluding hydrogens is 290 g/mol. The van der Waals surface area contributed by atoms with Gasteiger partial charge in [0.05, 0.1) is 0 Å². The molecule has 0 saturated carbocycles. The Morgan fingerprint density at radius 2 is 1.91 bits per heavy atom. The van der Waals surface area contributed by atoms with Gasteiger partial charge in [0.15, 0.2) is 0 Å². The zero-order valence-electron chi connectivity index (χ0n) is 14.3. The van der Waals surface area contributed by atoms with Gasteiger partial charge in [0.1, 0.15) is 6.04 Å². The number of hydrogen-bond acceptors (Lipinski definition) is 3. The monoisotopic (exact) mass is 317 g/mol. The second-order valence-electron chi connectivity index (χ2n) is 6.34. The van der Waals surface area contributed by atoms with Crippen molar-refractivity contribution in [3.63, 3.8) is 0 Å². The highest BCUT2D eigenvalue weighted by molar-refractivity contribution is 5.84. The summed E-state index contributed by atoms with van der Waals surface area (Å²) < 4.78 is 0. The maximum Gasteiger partial charge on any atom is 0.238 e. The molecule has 1 heterocycles. The number of hydrogen-bond donors (Lipinski definition) is 1.